The molecule has 3 N–H and O–H groups in total. The topological polar surface area (TPSA) is 68.0 Å². The van der Waals surface area contributed by atoms with Gasteiger partial charge in [-0.15, -0.1) is 0 Å². The molecule has 4 rings (SSSR count). The second kappa shape index (κ2) is 4.15. The van der Waals surface area contributed by atoms with Crippen LogP contribution < -0.4 is 11.1 Å². The molecule has 0 saturated heterocycles. The van der Waals surface area contributed by atoms with Crippen molar-refractivity contribution < 1.29 is 4.79 Å². The Morgan fingerprint density at radius 3 is 2.80 bits per heavy atom. The first kappa shape index (κ1) is 11.6. The van der Waals surface area contributed by atoms with Gasteiger partial charge in [-0.2, -0.15) is 0 Å². The third-order valence-corrected chi connectivity index (χ3v) is 4.09. The Labute approximate surface area is 117 Å². The van der Waals surface area contributed by atoms with E-state index in [4.69, 9.17) is 5.73 Å². The standard InChI is InChI=1S/C16H15N3O/c17-13-7-12(13)11-3-4-14(18-8-11)9-1-2-10-6-16(20)19-15(10)5-9/h1-5,8,12-13H,6-7,17H2,(H,19,20). The third kappa shape index (κ3) is 1.89. The molecule has 2 heterocycles. The number of fused-ring (bicyclic) bond motifs is 1. The second-order valence-electron chi connectivity index (χ2n) is 5.58. The predicted octanol–water partition coefficient (Wildman–Crippen LogP) is 2.06. The van der Waals surface area contributed by atoms with E-state index in [2.05, 4.69) is 16.4 Å². The van der Waals surface area contributed by atoms with Crippen molar-refractivity contribution in [3.63, 3.8) is 0 Å². The third-order valence-electron chi connectivity index (χ3n) is 4.09. The van der Waals surface area contributed by atoms with Crippen LogP contribution in [0.4, 0.5) is 5.69 Å². The SMILES string of the molecule is NC1CC1c1ccc(-c2ccc3c(c2)NC(=O)C3)nc1. The Morgan fingerprint density at radius 1 is 1.25 bits per heavy atom. The van der Waals surface area contributed by atoms with Gasteiger partial charge in [0, 0.05) is 29.4 Å². The number of pyridine rings is 1. The van der Waals surface area contributed by atoms with Gasteiger partial charge in [-0.25, -0.2) is 0 Å². The number of aromatic nitrogens is 1. The van der Waals surface area contributed by atoms with E-state index in [9.17, 15) is 4.79 Å². The molecule has 1 aromatic carbocycles. The van der Waals surface area contributed by atoms with Crippen LogP contribution in [0.1, 0.15) is 23.5 Å². The number of hydrogen-bond acceptors (Lipinski definition) is 3. The Morgan fingerprint density at radius 2 is 2.10 bits per heavy atom. The average molecular weight is 265 g/mol. The van der Waals surface area contributed by atoms with Crippen molar-refractivity contribution in [1.29, 1.82) is 0 Å². The average Bonchev–Trinajstić information content (AvgIpc) is 3.06. The van der Waals surface area contributed by atoms with E-state index in [0.717, 1.165) is 28.9 Å². The van der Waals surface area contributed by atoms with Crippen LogP contribution in [0.2, 0.25) is 0 Å². The number of carbonyl (C=O) groups excluding carboxylic acids is 1. The first-order valence-corrected chi connectivity index (χ1v) is 6.85. The highest BCUT2D eigenvalue weighted by molar-refractivity contribution is 5.99. The first-order chi connectivity index (χ1) is 9.70. The molecule has 20 heavy (non-hydrogen) atoms. The predicted molar refractivity (Wildman–Crippen MR) is 77.3 cm³/mol. The Balaban J connectivity index is 1.64. The molecule has 0 bridgehead atoms. The van der Waals surface area contributed by atoms with Crippen molar-refractivity contribution in [1.82, 2.24) is 4.98 Å². The smallest absolute Gasteiger partial charge is 0.228 e. The fourth-order valence-corrected chi connectivity index (χ4v) is 2.77. The molecule has 100 valence electrons. The zero-order valence-electron chi connectivity index (χ0n) is 11.0. The van der Waals surface area contributed by atoms with E-state index < -0.39 is 0 Å². The molecule has 2 aromatic rings. The summed E-state index contributed by atoms with van der Waals surface area (Å²) in [5, 5.41) is 2.87. The van der Waals surface area contributed by atoms with Gasteiger partial charge in [-0.1, -0.05) is 18.2 Å². The van der Waals surface area contributed by atoms with Gasteiger partial charge in [-0.3, -0.25) is 9.78 Å². The van der Waals surface area contributed by atoms with Crippen LogP contribution in [-0.4, -0.2) is 16.9 Å². The summed E-state index contributed by atoms with van der Waals surface area (Å²) in [7, 11) is 0. The van der Waals surface area contributed by atoms with E-state index in [1.165, 1.54) is 5.56 Å². The zero-order valence-corrected chi connectivity index (χ0v) is 11.0. The van der Waals surface area contributed by atoms with Crippen LogP contribution in [0.25, 0.3) is 11.3 Å². The molecule has 2 aliphatic rings. The van der Waals surface area contributed by atoms with Gasteiger partial charge in [-0.05, 0) is 29.7 Å². The number of carbonyl (C=O) groups is 1. The van der Waals surface area contributed by atoms with Gasteiger partial charge in [0.15, 0.2) is 0 Å². The van der Waals surface area contributed by atoms with Gasteiger partial charge < -0.3 is 11.1 Å². The minimum absolute atomic E-state index is 0.0585. The number of anilines is 1. The first-order valence-electron chi connectivity index (χ1n) is 6.85. The molecule has 4 nitrogen and oxygen atoms in total. The lowest BCUT2D eigenvalue weighted by Crippen LogP contribution is -2.03. The number of nitrogens with two attached hydrogens (primary N) is 1. The molecule has 0 radical (unpaired) electrons. The molecule has 1 aliphatic carbocycles. The molecule has 1 aromatic heterocycles. The lowest BCUT2D eigenvalue weighted by atomic mass is 10.1. The van der Waals surface area contributed by atoms with Gasteiger partial charge in [0.2, 0.25) is 5.91 Å². The summed E-state index contributed by atoms with van der Waals surface area (Å²) >= 11 is 0. The van der Waals surface area contributed by atoms with Crippen molar-refractivity contribution in [3.05, 3.63) is 47.7 Å². The molecular formula is C16H15N3O. The lowest BCUT2D eigenvalue weighted by Gasteiger charge is -2.05. The van der Waals surface area contributed by atoms with Crippen LogP contribution in [-0.2, 0) is 11.2 Å². The summed E-state index contributed by atoms with van der Waals surface area (Å²) in [4.78, 5) is 15.9. The molecule has 0 spiro atoms. The summed E-state index contributed by atoms with van der Waals surface area (Å²) in [6.45, 7) is 0. The molecule has 1 fully saturated rings. The van der Waals surface area contributed by atoms with Crippen molar-refractivity contribution in [2.75, 3.05) is 5.32 Å². The normalized spacial score (nSPS) is 23.4. The largest absolute Gasteiger partial charge is 0.327 e. The van der Waals surface area contributed by atoms with Crippen molar-refractivity contribution in [2.45, 2.75) is 24.8 Å². The lowest BCUT2D eigenvalue weighted by molar-refractivity contribution is -0.115. The van der Waals surface area contributed by atoms with Crippen LogP contribution >= 0.6 is 0 Å². The van der Waals surface area contributed by atoms with E-state index in [1.54, 1.807) is 0 Å². The van der Waals surface area contributed by atoms with E-state index >= 15 is 0 Å². The summed E-state index contributed by atoms with van der Waals surface area (Å²) in [6, 6.07) is 10.4. The van der Waals surface area contributed by atoms with E-state index in [0.29, 0.717) is 18.4 Å². The van der Waals surface area contributed by atoms with E-state index in [-0.39, 0.29) is 5.91 Å². The highest BCUT2D eigenvalue weighted by Crippen LogP contribution is 2.39. The maximum atomic E-state index is 11.4. The number of benzene rings is 1. The van der Waals surface area contributed by atoms with Gasteiger partial charge in [0.25, 0.3) is 0 Å². The molecule has 2 unspecified atom stereocenters. The van der Waals surface area contributed by atoms with Crippen LogP contribution in [0.3, 0.4) is 0 Å². The molecule has 1 aliphatic heterocycles. The van der Waals surface area contributed by atoms with Crippen molar-refractivity contribution in [2.24, 2.45) is 5.73 Å². The Bertz CT molecular complexity index is 693. The molecule has 2 atom stereocenters. The Hall–Kier alpha value is -2.20. The summed E-state index contributed by atoms with van der Waals surface area (Å²) in [5.41, 5.74) is 11.0. The number of nitrogens with zero attached hydrogens (tertiary/aromatic N) is 1. The summed E-state index contributed by atoms with van der Waals surface area (Å²) in [5.74, 6) is 0.541. The molecule has 4 heteroatoms. The highest BCUT2D eigenvalue weighted by Gasteiger charge is 2.34. The van der Waals surface area contributed by atoms with Crippen LogP contribution in [0, 0.1) is 0 Å². The molecular weight excluding hydrogens is 250 g/mol. The minimum Gasteiger partial charge on any atom is -0.327 e. The minimum atomic E-state index is 0.0585. The summed E-state index contributed by atoms with van der Waals surface area (Å²) < 4.78 is 0. The maximum Gasteiger partial charge on any atom is 0.228 e. The van der Waals surface area contributed by atoms with Gasteiger partial charge >= 0.3 is 0 Å². The zero-order chi connectivity index (χ0) is 13.7. The van der Waals surface area contributed by atoms with Crippen molar-refractivity contribution >= 4 is 11.6 Å². The highest BCUT2D eigenvalue weighted by atomic mass is 16.1. The van der Waals surface area contributed by atoms with Gasteiger partial charge in [0.1, 0.15) is 0 Å². The molecule has 1 saturated carbocycles. The number of rotatable bonds is 2. The fraction of sp³-hybridized carbons (Fsp3) is 0.250. The monoisotopic (exact) mass is 265 g/mol. The fourth-order valence-electron chi connectivity index (χ4n) is 2.77. The van der Waals surface area contributed by atoms with Gasteiger partial charge in [0.05, 0.1) is 12.1 Å². The quantitative estimate of drug-likeness (QED) is 0.873. The van der Waals surface area contributed by atoms with E-state index in [1.807, 2.05) is 30.5 Å². The number of hydrogen-bond donors (Lipinski definition) is 2. The summed E-state index contributed by atoms with van der Waals surface area (Å²) in [6.07, 6.45) is 3.45. The van der Waals surface area contributed by atoms with Crippen molar-refractivity contribution in [3.8, 4) is 11.3 Å². The van der Waals surface area contributed by atoms with Crippen LogP contribution in [0.5, 0.6) is 0 Å². The molecule has 1 amide bonds. The Kier molecular flexibility index (Phi) is 2.41. The maximum absolute atomic E-state index is 11.4. The number of nitrogens with one attached hydrogen (secondary N) is 1. The second-order valence-corrected chi connectivity index (χ2v) is 5.58. The number of amides is 1. The van der Waals surface area contributed by atoms with Crippen LogP contribution in [0.15, 0.2) is 36.5 Å².